The van der Waals surface area contributed by atoms with Crippen molar-refractivity contribution in [3.63, 3.8) is 0 Å². The molecule has 1 aromatic rings. The fourth-order valence-electron chi connectivity index (χ4n) is 1.59. The molecule has 0 aliphatic heterocycles. The molecule has 0 fully saturated rings. The number of nitrogens with one attached hydrogen (secondary N) is 3. The van der Waals surface area contributed by atoms with Crippen LogP contribution in [0.3, 0.4) is 0 Å². The van der Waals surface area contributed by atoms with Crippen LogP contribution in [0.5, 0.6) is 0 Å². The van der Waals surface area contributed by atoms with Gasteiger partial charge in [-0.25, -0.2) is 18.1 Å². The Morgan fingerprint density at radius 2 is 2.11 bits per heavy atom. The molecular formula is C11H23N5O2S. The molecule has 8 heteroatoms. The first-order chi connectivity index (χ1) is 9.14. The molecule has 0 saturated carbocycles. The number of aromatic nitrogens is 3. The molecule has 19 heavy (non-hydrogen) atoms. The van der Waals surface area contributed by atoms with Gasteiger partial charge >= 0.3 is 0 Å². The summed E-state index contributed by atoms with van der Waals surface area (Å²) in [4.78, 5) is 3.93. The standard InChI is InChI=1S/C11H23N5O2S/c1-2-6-12-7-3-4-9-19(17,18)15-8-5-11-13-10-14-16-11/h10,12,15H,2-9H2,1H3,(H,13,14,16). The third-order valence-electron chi connectivity index (χ3n) is 2.59. The number of H-pyrrole nitrogens is 1. The summed E-state index contributed by atoms with van der Waals surface area (Å²) in [6.45, 7) is 4.32. The molecule has 1 heterocycles. The molecule has 1 aromatic heterocycles. The van der Waals surface area contributed by atoms with Crippen LogP contribution in [-0.2, 0) is 16.4 Å². The van der Waals surface area contributed by atoms with Gasteiger partial charge in [-0.2, -0.15) is 5.10 Å². The third kappa shape index (κ3) is 7.91. The van der Waals surface area contributed by atoms with E-state index in [0.29, 0.717) is 25.2 Å². The summed E-state index contributed by atoms with van der Waals surface area (Å²) >= 11 is 0. The van der Waals surface area contributed by atoms with Crippen LogP contribution in [0.25, 0.3) is 0 Å². The minimum Gasteiger partial charge on any atom is -0.317 e. The second-order valence-electron chi connectivity index (χ2n) is 4.35. The number of rotatable bonds is 11. The second-order valence-corrected chi connectivity index (χ2v) is 6.28. The van der Waals surface area contributed by atoms with Crippen LogP contribution in [0.2, 0.25) is 0 Å². The maximum atomic E-state index is 11.7. The van der Waals surface area contributed by atoms with Crippen LogP contribution in [0.15, 0.2) is 6.33 Å². The van der Waals surface area contributed by atoms with Crippen molar-refractivity contribution in [3.05, 3.63) is 12.2 Å². The molecule has 0 aliphatic carbocycles. The van der Waals surface area contributed by atoms with Gasteiger partial charge in [-0.1, -0.05) is 6.92 Å². The van der Waals surface area contributed by atoms with E-state index in [4.69, 9.17) is 0 Å². The van der Waals surface area contributed by atoms with Gasteiger partial charge in [0, 0.05) is 13.0 Å². The maximum absolute atomic E-state index is 11.7. The van der Waals surface area contributed by atoms with E-state index in [0.717, 1.165) is 25.9 Å². The topological polar surface area (TPSA) is 99.8 Å². The number of sulfonamides is 1. The highest BCUT2D eigenvalue weighted by Crippen LogP contribution is 1.95. The van der Waals surface area contributed by atoms with Gasteiger partial charge < -0.3 is 5.32 Å². The van der Waals surface area contributed by atoms with E-state index in [1.54, 1.807) is 0 Å². The van der Waals surface area contributed by atoms with Crippen molar-refractivity contribution in [3.8, 4) is 0 Å². The largest absolute Gasteiger partial charge is 0.317 e. The van der Waals surface area contributed by atoms with Gasteiger partial charge in [-0.15, -0.1) is 0 Å². The van der Waals surface area contributed by atoms with E-state index < -0.39 is 10.0 Å². The molecule has 0 radical (unpaired) electrons. The van der Waals surface area contributed by atoms with Crippen molar-refractivity contribution in [1.29, 1.82) is 0 Å². The average molecular weight is 289 g/mol. The van der Waals surface area contributed by atoms with Crippen LogP contribution < -0.4 is 10.0 Å². The van der Waals surface area contributed by atoms with Crippen LogP contribution in [0, 0.1) is 0 Å². The Morgan fingerprint density at radius 1 is 1.26 bits per heavy atom. The minimum absolute atomic E-state index is 0.178. The van der Waals surface area contributed by atoms with E-state index >= 15 is 0 Å². The molecular weight excluding hydrogens is 266 g/mol. The highest BCUT2D eigenvalue weighted by molar-refractivity contribution is 7.89. The Bertz CT molecular complexity index is 418. The van der Waals surface area contributed by atoms with Crippen LogP contribution in [-0.4, -0.2) is 49.0 Å². The number of hydrogen-bond donors (Lipinski definition) is 3. The van der Waals surface area contributed by atoms with E-state index in [1.165, 1.54) is 6.33 Å². The molecule has 0 spiro atoms. The normalized spacial score (nSPS) is 11.8. The summed E-state index contributed by atoms with van der Waals surface area (Å²) in [6.07, 6.45) is 4.59. The van der Waals surface area contributed by atoms with E-state index in [2.05, 4.69) is 32.1 Å². The van der Waals surface area contributed by atoms with Crippen molar-refractivity contribution >= 4 is 10.0 Å². The monoisotopic (exact) mass is 289 g/mol. The first-order valence-corrected chi connectivity index (χ1v) is 8.31. The van der Waals surface area contributed by atoms with Crippen molar-refractivity contribution in [2.45, 2.75) is 32.6 Å². The summed E-state index contributed by atoms with van der Waals surface area (Å²) in [6, 6.07) is 0. The Kier molecular flexibility index (Phi) is 7.61. The molecule has 0 aliphatic rings. The van der Waals surface area contributed by atoms with Gasteiger partial charge in [-0.3, -0.25) is 5.10 Å². The van der Waals surface area contributed by atoms with Gasteiger partial charge in [0.2, 0.25) is 10.0 Å². The molecule has 1 rings (SSSR count). The lowest BCUT2D eigenvalue weighted by Gasteiger charge is -2.06. The molecule has 0 unspecified atom stereocenters. The van der Waals surface area contributed by atoms with E-state index in [-0.39, 0.29) is 5.75 Å². The highest BCUT2D eigenvalue weighted by atomic mass is 32.2. The van der Waals surface area contributed by atoms with E-state index in [1.807, 2.05) is 0 Å². The van der Waals surface area contributed by atoms with Gasteiger partial charge in [0.25, 0.3) is 0 Å². The fourth-order valence-corrected chi connectivity index (χ4v) is 2.73. The van der Waals surface area contributed by atoms with E-state index in [9.17, 15) is 8.42 Å². The Morgan fingerprint density at radius 3 is 2.79 bits per heavy atom. The van der Waals surface area contributed by atoms with Crippen LogP contribution in [0.1, 0.15) is 32.0 Å². The summed E-state index contributed by atoms with van der Waals surface area (Å²) in [7, 11) is -3.17. The Balaban J connectivity index is 2.07. The average Bonchev–Trinajstić information content (AvgIpc) is 2.86. The van der Waals surface area contributed by atoms with Gasteiger partial charge in [0.15, 0.2) is 0 Å². The molecule has 0 atom stereocenters. The lowest BCUT2D eigenvalue weighted by molar-refractivity contribution is 0.572. The summed E-state index contributed by atoms with van der Waals surface area (Å²) in [5.74, 6) is 0.864. The quantitative estimate of drug-likeness (QED) is 0.500. The Hall–Kier alpha value is -0.990. The minimum atomic E-state index is -3.17. The van der Waals surface area contributed by atoms with Crippen molar-refractivity contribution < 1.29 is 8.42 Å². The summed E-state index contributed by atoms with van der Waals surface area (Å²) < 4.78 is 25.9. The van der Waals surface area contributed by atoms with Crippen molar-refractivity contribution in [2.24, 2.45) is 0 Å². The van der Waals surface area contributed by atoms with Gasteiger partial charge in [-0.05, 0) is 32.4 Å². The number of aromatic amines is 1. The Labute approximate surface area is 114 Å². The third-order valence-corrected chi connectivity index (χ3v) is 4.06. The first-order valence-electron chi connectivity index (χ1n) is 6.66. The van der Waals surface area contributed by atoms with Gasteiger partial charge in [0.05, 0.1) is 5.75 Å². The highest BCUT2D eigenvalue weighted by Gasteiger charge is 2.09. The van der Waals surface area contributed by atoms with Gasteiger partial charge in [0.1, 0.15) is 12.2 Å². The SMILES string of the molecule is CCCNCCCCS(=O)(=O)NCCc1ncn[nH]1. The smallest absolute Gasteiger partial charge is 0.211 e. The zero-order chi connectivity index (χ0) is 14.0. The molecule has 0 bridgehead atoms. The van der Waals surface area contributed by atoms with Crippen LogP contribution in [0.4, 0.5) is 0 Å². The number of unbranched alkanes of at least 4 members (excludes halogenated alkanes) is 1. The predicted molar refractivity (Wildman–Crippen MR) is 74.3 cm³/mol. The fraction of sp³-hybridized carbons (Fsp3) is 0.818. The lowest BCUT2D eigenvalue weighted by atomic mass is 10.3. The summed E-state index contributed by atoms with van der Waals surface area (Å²) in [5.41, 5.74) is 0. The molecule has 0 saturated heterocycles. The predicted octanol–water partition coefficient (Wildman–Crippen LogP) is 0.0464. The zero-order valence-corrected chi connectivity index (χ0v) is 12.2. The molecule has 110 valence electrons. The maximum Gasteiger partial charge on any atom is 0.211 e. The molecule has 0 aromatic carbocycles. The first kappa shape index (κ1) is 16.1. The second kappa shape index (κ2) is 9.00. The zero-order valence-electron chi connectivity index (χ0n) is 11.4. The van der Waals surface area contributed by atoms with Crippen molar-refractivity contribution in [1.82, 2.24) is 25.2 Å². The summed E-state index contributed by atoms with van der Waals surface area (Å²) in [5, 5.41) is 9.64. The molecule has 7 nitrogen and oxygen atoms in total. The lowest BCUT2D eigenvalue weighted by Crippen LogP contribution is -2.29. The molecule has 0 amide bonds. The number of hydrogen-bond acceptors (Lipinski definition) is 5. The van der Waals surface area contributed by atoms with Crippen LogP contribution >= 0.6 is 0 Å². The van der Waals surface area contributed by atoms with Crippen molar-refractivity contribution in [2.75, 3.05) is 25.4 Å². The number of nitrogens with zero attached hydrogens (tertiary/aromatic N) is 2. The molecule has 3 N–H and O–H groups in total.